The van der Waals surface area contributed by atoms with Crippen LogP contribution in [0, 0.1) is 5.92 Å². The van der Waals surface area contributed by atoms with Crippen LogP contribution in [-0.2, 0) is 14.3 Å². The van der Waals surface area contributed by atoms with E-state index in [1.165, 1.54) is 0 Å². The van der Waals surface area contributed by atoms with Gasteiger partial charge in [-0.05, 0) is 31.4 Å². The van der Waals surface area contributed by atoms with Gasteiger partial charge in [0.05, 0.1) is 16.6 Å². The van der Waals surface area contributed by atoms with Gasteiger partial charge in [0.25, 0.3) is 0 Å². The van der Waals surface area contributed by atoms with Crippen molar-refractivity contribution < 1.29 is 14.3 Å². The number of thioether (sulfide) groups is 2. The molecular weight excluding hydrogens is 306 g/mol. The second-order valence-electron chi connectivity index (χ2n) is 6.39. The number of carbonyl (C=O) groups is 1. The van der Waals surface area contributed by atoms with Crippen molar-refractivity contribution in [2.24, 2.45) is 5.92 Å². The first-order valence-corrected chi connectivity index (χ1v) is 10.2. The molecule has 3 saturated heterocycles. The monoisotopic (exact) mass is 331 g/mol. The fraction of sp³-hybridized carbons (Fsp3) is 0.933. The highest BCUT2D eigenvalue weighted by Gasteiger charge is 2.50. The van der Waals surface area contributed by atoms with Crippen LogP contribution in [0.3, 0.4) is 0 Å². The van der Waals surface area contributed by atoms with Crippen molar-refractivity contribution in [2.75, 3.05) is 50.7 Å². The Morgan fingerprint density at radius 3 is 2.90 bits per heavy atom. The SMILES string of the molecule is CSCC(=O)N1CC2(C[C@@H](OCC3CCOCC3)CS2)C1. The molecule has 3 rings (SSSR count). The highest BCUT2D eigenvalue weighted by Crippen LogP contribution is 2.46. The van der Waals surface area contributed by atoms with E-state index in [4.69, 9.17) is 9.47 Å². The summed E-state index contributed by atoms with van der Waals surface area (Å²) in [7, 11) is 0. The van der Waals surface area contributed by atoms with Gasteiger partial charge in [-0.2, -0.15) is 11.8 Å². The zero-order valence-corrected chi connectivity index (χ0v) is 14.3. The number of amides is 1. The zero-order valence-electron chi connectivity index (χ0n) is 12.7. The summed E-state index contributed by atoms with van der Waals surface area (Å²) in [6.45, 7) is 4.52. The van der Waals surface area contributed by atoms with E-state index in [-0.39, 0.29) is 0 Å². The summed E-state index contributed by atoms with van der Waals surface area (Å²) in [6, 6.07) is 0. The second-order valence-corrected chi connectivity index (χ2v) is 8.75. The molecule has 1 amide bonds. The van der Waals surface area contributed by atoms with Crippen molar-refractivity contribution in [2.45, 2.75) is 30.1 Å². The minimum absolute atomic E-state index is 0.292. The van der Waals surface area contributed by atoms with Gasteiger partial charge in [-0.25, -0.2) is 0 Å². The molecule has 0 saturated carbocycles. The van der Waals surface area contributed by atoms with Crippen molar-refractivity contribution >= 4 is 29.4 Å². The Morgan fingerprint density at radius 2 is 2.19 bits per heavy atom. The smallest absolute Gasteiger partial charge is 0.232 e. The summed E-state index contributed by atoms with van der Waals surface area (Å²) < 4.78 is 11.8. The predicted octanol–water partition coefficient (Wildman–Crippen LogP) is 1.88. The highest BCUT2D eigenvalue weighted by molar-refractivity contribution is 8.01. The van der Waals surface area contributed by atoms with Gasteiger partial charge in [-0.1, -0.05) is 0 Å². The van der Waals surface area contributed by atoms with Crippen molar-refractivity contribution in [1.82, 2.24) is 4.90 Å². The Bertz CT molecular complexity index is 368. The third-order valence-corrected chi connectivity index (χ3v) is 6.77. The molecule has 0 bridgehead atoms. The van der Waals surface area contributed by atoms with E-state index in [0.717, 1.165) is 57.9 Å². The summed E-state index contributed by atoms with van der Waals surface area (Å²) in [5.74, 6) is 2.68. The molecular formula is C15H25NO3S2. The van der Waals surface area contributed by atoms with Gasteiger partial charge in [0, 0.05) is 38.7 Å². The molecule has 0 aliphatic carbocycles. The van der Waals surface area contributed by atoms with Crippen LogP contribution in [0.4, 0.5) is 0 Å². The lowest BCUT2D eigenvalue weighted by Gasteiger charge is -2.47. The summed E-state index contributed by atoms with van der Waals surface area (Å²) in [6.07, 6.45) is 5.77. The molecule has 3 fully saturated rings. The van der Waals surface area contributed by atoms with Crippen molar-refractivity contribution in [3.8, 4) is 0 Å². The molecule has 4 nitrogen and oxygen atoms in total. The van der Waals surface area contributed by atoms with Crippen LogP contribution in [0.25, 0.3) is 0 Å². The molecule has 0 aromatic rings. The zero-order chi connectivity index (χ0) is 14.7. The first kappa shape index (κ1) is 16.0. The minimum atomic E-state index is 0.292. The van der Waals surface area contributed by atoms with Gasteiger partial charge < -0.3 is 14.4 Å². The van der Waals surface area contributed by atoms with Gasteiger partial charge in [-0.3, -0.25) is 4.79 Å². The molecule has 120 valence electrons. The first-order valence-electron chi connectivity index (χ1n) is 7.81. The van der Waals surface area contributed by atoms with Crippen LogP contribution in [0.15, 0.2) is 0 Å². The van der Waals surface area contributed by atoms with Gasteiger partial charge >= 0.3 is 0 Å². The van der Waals surface area contributed by atoms with Crippen LogP contribution < -0.4 is 0 Å². The molecule has 6 heteroatoms. The molecule has 0 N–H and O–H groups in total. The van der Waals surface area contributed by atoms with E-state index in [1.807, 2.05) is 22.9 Å². The maximum Gasteiger partial charge on any atom is 0.232 e. The first-order chi connectivity index (χ1) is 10.2. The molecule has 0 aromatic carbocycles. The summed E-state index contributed by atoms with van der Waals surface area (Å²) in [5.41, 5.74) is 0. The number of ether oxygens (including phenoxy) is 2. The predicted molar refractivity (Wildman–Crippen MR) is 88.1 cm³/mol. The number of hydrogen-bond donors (Lipinski definition) is 0. The third-order valence-electron chi connectivity index (χ3n) is 4.66. The Labute approximate surface area is 135 Å². The lowest BCUT2D eigenvalue weighted by atomic mass is 9.93. The third kappa shape index (κ3) is 3.89. The fourth-order valence-electron chi connectivity index (χ4n) is 3.36. The molecule has 3 aliphatic heterocycles. The molecule has 0 unspecified atom stereocenters. The maximum atomic E-state index is 11.8. The number of carbonyl (C=O) groups excluding carboxylic acids is 1. The van der Waals surface area contributed by atoms with E-state index in [9.17, 15) is 4.79 Å². The summed E-state index contributed by atoms with van der Waals surface area (Å²) in [5, 5.41) is 0. The highest BCUT2D eigenvalue weighted by atomic mass is 32.2. The average Bonchev–Trinajstić information content (AvgIpc) is 2.89. The number of hydrogen-bond acceptors (Lipinski definition) is 5. The molecule has 3 aliphatic rings. The topological polar surface area (TPSA) is 38.8 Å². The van der Waals surface area contributed by atoms with Gasteiger partial charge in [0.2, 0.25) is 5.91 Å². The Kier molecular flexibility index (Phi) is 5.41. The lowest BCUT2D eigenvalue weighted by Crippen LogP contribution is -2.61. The molecule has 0 radical (unpaired) electrons. The average molecular weight is 332 g/mol. The number of nitrogens with zero attached hydrogens (tertiary/aromatic N) is 1. The van der Waals surface area contributed by atoms with Crippen LogP contribution in [-0.4, -0.2) is 72.3 Å². The fourth-order valence-corrected chi connectivity index (χ4v) is 5.34. The molecule has 3 heterocycles. The van der Waals surface area contributed by atoms with E-state index in [0.29, 0.717) is 28.4 Å². The molecule has 0 aromatic heterocycles. The Morgan fingerprint density at radius 1 is 1.43 bits per heavy atom. The van der Waals surface area contributed by atoms with Crippen LogP contribution >= 0.6 is 23.5 Å². The Balaban J connectivity index is 1.37. The maximum absolute atomic E-state index is 11.8. The van der Waals surface area contributed by atoms with E-state index in [1.54, 1.807) is 11.8 Å². The number of likely N-dealkylation sites (tertiary alicyclic amines) is 1. The number of rotatable bonds is 5. The van der Waals surface area contributed by atoms with Crippen LogP contribution in [0.1, 0.15) is 19.3 Å². The van der Waals surface area contributed by atoms with E-state index < -0.39 is 0 Å². The van der Waals surface area contributed by atoms with E-state index >= 15 is 0 Å². The Hall–Kier alpha value is 0.0900. The van der Waals surface area contributed by atoms with E-state index in [2.05, 4.69) is 0 Å². The summed E-state index contributed by atoms with van der Waals surface area (Å²) in [4.78, 5) is 13.8. The van der Waals surface area contributed by atoms with Gasteiger partial charge in [0.1, 0.15) is 0 Å². The van der Waals surface area contributed by atoms with Crippen molar-refractivity contribution in [3.63, 3.8) is 0 Å². The van der Waals surface area contributed by atoms with Gasteiger partial charge in [-0.15, -0.1) is 11.8 Å². The lowest BCUT2D eigenvalue weighted by molar-refractivity contribution is -0.133. The molecule has 21 heavy (non-hydrogen) atoms. The standard InChI is InChI=1S/C15H25NO3S2/c1-20-9-14(17)16-10-15(11-16)6-13(8-21-15)19-7-12-2-4-18-5-3-12/h12-13H,2-11H2,1H3/t13-/m1/s1. The quantitative estimate of drug-likeness (QED) is 0.769. The van der Waals surface area contributed by atoms with Crippen molar-refractivity contribution in [3.05, 3.63) is 0 Å². The summed E-state index contributed by atoms with van der Waals surface area (Å²) >= 11 is 3.62. The second kappa shape index (κ2) is 7.11. The minimum Gasteiger partial charge on any atom is -0.381 e. The van der Waals surface area contributed by atoms with Gasteiger partial charge in [0.15, 0.2) is 0 Å². The largest absolute Gasteiger partial charge is 0.381 e. The van der Waals surface area contributed by atoms with Crippen molar-refractivity contribution in [1.29, 1.82) is 0 Å². The molecule has 1 spiro atoms. The molecule has 1 atom stereocenters. The normalized spacial score (nSPS) is 28.8. The van der Waals surface area contributed by atoms with Crippen LogP contribution in [0.5, 0.6) is 0 Å². The van der Waals surface area contributed by atoms with Crippen LogP contribution in [0.2, 0.25) is 0 Å².